The molecule has 176 valence electrons. The molecule has 34 heavy (non-hydrogen) atoms. The van der Waals surface area contributed by atoms with Gasteiger partial charge in [0.15, 0.2) is 11.5 Å². The van der Waals surface area contributed by atoms with Crippen LogP contribution in [0.2, 0.25) is 5.02 Å². The van der Waals surface area contributed by atoms with E-state index in [0.29, 0.717) is 25.1 Å². The smallest absolute Gasteiger partial charge is 0.262 e. The Bertz CT molecular complexity index is 1840. The molecule has 0 aliphatic heterocycles. The molecule has 1 N–H and O–H groups in total. The Morgan fingerprint density at radius 3 is 2.32 bits per heavy atom. The lowest BCUT2D eigenvalue weighted by molar-refractivity contribution is 0.370. The second kappa shape index (κ2) is 8.09. The van der Waals surface area contributed by atoms with E-state index < -0.39 is 20.8 Å². The van der Waals surface area contributed by atoms with Gasteiger partial charge in [0.05, 0.1) is 4.88 Å². The van der Waals surface area contributed by atoms with Gasteiger partial charge < -0.3 is 22.5 Å². The fourth-order valence-corrected chi connectivity index (χ4v) is 6.49. The number of aromatic nitrogens is 1. The number of thiophene rings is 1. The van der Waals surface area contributed by atoms with Crippen LogP contribution in [-0.4, -0.2) is 30.9 Å². The molecule has 5 rings (SSSR count). The minimum Gasteiger partial charge on any atom is -0.716 e. The molecule has 0 bridgehead atoms. The number of hydrogen-bond acceptors (Lipinski definition) is 9. The number of benzene rings is 3. The van der Waals surface area contributed by atoms with Gasteiger partial charge in [-0.3, -0.25) is 0 Å². The summed E-state index contributed by atoms with van der Waals surface area (Å²) < 4.78 is 79.9. The zero-order valence-corrected chi connectivity index (χ0v) is 21.2. The van der Waals surface area contributed by atoms with Crippen molar-refractivity contribution < 1.29 is 34.3 Å². The van der Waals surface area contributed by atoms with Gasteiger partial charge in [-0.05, 0) is 35.7 Å². The summed E-state index contributed by atoms with van der Waals surface area (Å²) in [5, 5.41) is 2.15. The van der Waals surface area contributed by atoms with E-state index in [-0.39, 0.29) is 32.8 Å². The lowest BCUT2D eigenvalue weighted by Gasteiger charge is -2.12. The maximum atomic E-state index is 11.6. The van der Waals surface area contributed by atoms with Gasteiger partial charge in [-0.15, -0.1) is 11.3 Å². The maximum absolute atomic E-state index is 11.6. The highest BCUT2D eigenvalue weighted by molar-refractivity contribution is 9.10. The van der Waals surface area contributed by atoms with E-state index in [1.165, 1.54) is 6.07 Å². The summed E-state index contributed by atoms with van der Waals surface area (Å²) in [6, 6.07) is 13.2. The van der Waals surface area contributed by atoms with Crippen LogP contribution in [0.1, 0.15) is 0 Å². The summed E-state index contributed by atoms with van der Waals surface area (Å²) >= 11 is 10.7. The molecule has 0 radical (unpaired) electrons. The molecule has 0 unspecified atom stereocenters. The third-order valence-corrected chi connectivity index (χ3v) is 7.68. The van der Waals surface area contributed by atoms with E-state index >= 15 is 0 Å². The monoisotopic (exact) mass is 601 g/mol. The van der Waals surface area contributed by atoms with E-state index in [9.17, 15) is 25.9 Å². The predicted molar refractivity (Wildman–Crippen MR) is 130 cm³/mol. The summed E-state index contributed by atoms with van der Waals surface area (Å²) in [5.74, 6) is -0.725. The van der Waals surface area contributed by atoms with Crippen molar-refractivity contribution in [2.75, 3.05) is 0 Å². The highest BCUT2D eigenvalue weighted by atomic mass is 79.9. The van der Waals surface area contributed by atoms with Crippen molar-refractivity contribution in [1.82, 2.24) is 4.98 Å². The fourth-order valence-electron chi connectivity index (χ4n) is 3.70. The number of fused-ring (bicyclic) bond motifs is 4. The maximum Gasteiger partial charge on any atom is 0.262 e. The van der Waals surface area contributed by atoms with Crippen LogP contribution >= 0.6 is 38.9 Å². The summed E-state index contributed by atoms with van der Waals surface area (Å²) in [5.41, 5.74) is 0.320. The van der Waals surface area contributed by atoms with Crippen LogP contribution in [0, 0.1) is 0 Å². The minimum absolute atomic E-state index is 0.0211. The summed E-state index contributed by atoms with van der Waals surface area (Å²) in [6.45, 7) is 0. The van der Waals surface area contributed by atoms with E-state index in [0.717, 1.165) is 16.7 Å². The normalized spacial score (nSPS) is 12.6. The van der Waals surface area contributed by atoms with Gasteiger partial charge in [0, 0.05) is 35.9 Å². The van der Waals surface area contributed by atoms with Gasteiger partial charge in [-0.1, -0.05) is 45.7 Å². The first kappa shape index (κ1) is 23.4. The molecule has 5 aromatic rings. The van der Waals surface area contributed by atoms with Gasteiger partial charge in [0.25, 0.3) is 20.8 Å². The van der Waals surface area contributed by atoms with Crippen LogP contribution in [0.4, 0.5) is 0 Å². The summed E-state index contributed by atoms with van der Waals surface area (Å²) in [6.07, 6.45) is 0. The molecule has 2 aromatic heterocycles. The fraction of sp³-hybridized carbons (Fsp3) is 0. The van der Waals surface area contributed by atoms with E-state index in [1.807, 2.05) is 0 Å². The summed E-state index contributed by atoms with van der Waals surface area (Å²) in [4.78, 5) is 2.95. The highest BCUT2D eigenvalue weighted by Crippen LogP contribution is 2.52. The molecule has 0 spiro atoms. The Morgan fingerprint density at radius 2 is 1.62 bits per heavy atom. The lowest BCUT2D eigenvalue weighted by atomic mass is 10.1. The molecule has 3 aromatic carbocycles. The molecule has 2 heterocycles. The van der Waals surface area contributed by atoms with Crippen LogP contribution in [-0.2, 0) is 20.8 Å². The van der Waals surface area contributed by atoms with Crippen molar-refractivity contribution in [3.05, 3.63) is 58.0 Å². The quantitative estimate of drug-likeness (QED) is 0.210. The van der Waals surface area contributed by atoms with Crippen molar-refractivity contribution in [2.24, 2.45) is 0 Å². The Balaban J connectivity index is 1.93. The number of halogens is 2. The number of aromatic amines is 1. The number of hydrogen-bond donors (Lipinski definition) is 1. The zero-order chi connectivity index (χ0) is 24.4. The average molecular weight is 603 g/mol. The number of H-pyrrole nitrogens is 1. The Hall–Kier alpha value is -2.39. The number of nitrogens with one attached hydrogen (secondary N) is 1. The topological polar surface area (TPSA) is 149 Å². The van der Waals surface area contributed by atoms with Crippen molar-refractivity contribution in [1.29, 1.82) is 0 Å². The number of rotatable bonds is 5. The molecule has 0 fully saturated rings. The average Bonchev–Trinajstić information content (AvgIpc) is 3.24. The van der Waals surface area contributed by atoms with Gasteiger partial charge in [-0.25, -0.2) is 16.8 Å². The Labute approximate surface area is 209 Å². The Kier molecular flexibility index (Phi) is 5.55. The molecule has 0 amide bonds. The highest BCUT2D eigenvalue weighted by Gasteiger charge is 2.26. The van der Waals surface area contributed by atoms with Gasteiger partial charge in [0.1, 0.15) is 5.69 Å². The zero-order valence-electron chi connectivity index (χ0n) is 16.4. The molecule has 0 atom stereocenters. The largest absolute Gasteiger partial charge is 0.716 e. The van der Waals surface area contributed by atoms with Crippen molar-refractivity contribution in [3.63, 3.8) is 0 Å². The summed E-state index contributed by atoms with van der Waals surface area (Å²) in [7, 11) is -10.5. The molecule has 0 saturated carbocycles. The van der Waals surface area contributed by atoms with E-state index in [1.54, 1.807) is 42.5 Å². The van der Waals surface area contributed by atoms with Crippen molar-refractivity contribution in [3.8, 4) is 22.1 Å². The first-order chi connectivity index (χ1) is 15.9. The SMILES string of the molecule is O=S(=O)([O-])Oc1c(-c2sc3c(ccc4cccc(Cl)c43)c2OS(=O)(=O)[O-])[nH]c2ccc(Br)cc12. The molecule has 0 saturated heterocycles. The Morgan fingerprint density at radius 1 is 0.912 bits per heavy atom. The van der Waals surface area contributed by atoms with Gasteiger partial charge in [-0.2, -0.15) is 0 Å². The molecule has 9 nitrogen and oxygen atoms in total. The van der Waals surface area contributed by atoms with E-state index in [2.05, 4.69) is 20.9 Å². The van der Waals surface area contributed by atoms with Gasteiger partial charge >= 0.3 is 0 Å². The van der Waals surface area contributed by atoms with Crippen LogP contribution in [0.15, 0.2) is 53.0 Å². The first-order valence-corrected chi connectivity index (χ1v) is 13.8. The van der Waals surface area contributed by atoms with Crippen molar-refractivity contribution >= 4 is 91.4 Å². The third kappa shape index (κ3) is 4.24. The minimum atomic E-state index is -5.24. The third-order valence-electron chi connectivity index (χ3n) is 4.91. The van der Waals surface area contributed by atoms with Crippen LogP contribution in [0.25, 0.3) is 42.3 Å². The van der Waals surface area contributed by atoms with Crippen molar-refractivity contribution in [2.45, 2.75) is 0 Å². The van der Waals surface area contributed by atoms with Crippen LogP contribution < -0.4 is 8.37 Å². The standard InChI is InChI=1S/C20H11BrClNO8S3/c21-10-5-7-14-12(8-10)17(30-33(24,25)26)16(23-14)20-18(31-34(27,28)29)11-6-4-9-2-1-3-13(22)15(9)19(11)32-20/h1-8,23H,(H,24,25,26)(H,27,28,29)/p-2. The van der Waals surface area contributed by atoms with Crippen LogP contribution in [0.5, 0.6) is 11.5 Å². The van der Waals surface area contributed by atoms with Crippen LogP contribution in [0.3, 0.4) is 0 Å². The predicted octanol–water partition coefficient (Wildman–Crippen LogP) is 5.30. The van der Waals surface area contributed by atoms with Gasteiger partial charge in [0.2, 0.25) is 0 Å². The first-order valence-electron chi connectivity index (χ1n) is 9.17. The molecular weight excluding hydrogens is 594 g/mol. The van der Waals surface area contributed by atoms with E-state index in [4.69, 9.17) is 20.0 Å². The second-order valence-corrected chi connectivity index (χ2v) is 11.4. The molecule has 0 aliphatic carbocycles. The second-order valence-electron chi connectivity index (χ2n) is 7.04. The molecular formula is C20H9BrClNO8S3-2. The molecule has 14 heteroatoms. The molecule has 0 aliphatic rings. The lowest BCUT2D eigenvalue weighted by Crippen LogP contribution is -2.08.